The summed E-state index contributed by atoms with van der Waals surface area (Å²) in [5.74, 6) is -0.414. The van der Waals surface area contributed by atoms with Gasteiger partial charge in [-0.25, -0.2) is 0 Å². The van der Waals surface area contributed by atoms with Crippen LogP contribution in [0.3, 0.4) is 0 Å². The standard InChI is InChI=1S/C11H16O4/c1-15-10(14)8-5-11(6-8)3-7(4-11)2-9(12)13/h7-8H,2-6H2,1H3,(H,12,13). The van der Waals surface area contributed by atoms with Gasteiger partial charge in [-0.15, -0.1) is 0 Å². The fourth-order valence-corrected chi connectivity index (χ4v) is 3.21. The Hall–Kier alpha value is -1.06. The summed E-state index contributed by atoms with van der Waals surface area (Å²) in [6, 6.07) is 0. The molecule has 1 spiro atoms. The second kappa shape index (κ2) is 3.51. The number of rotatable bonds is 3. The number of carboxylic acids is 1. The zero-order chi connectivity index (χ0) is 11.1. The quantitative estimate of drug-likeness (QED) is 0.719. The molecule has 0 aromatic heterocycles. The van der Waals surface area contributed by atoms with Gasteiger partial charge in [-0.2, -0.15) is 0 Å². The first-order valence-electron chi connectivity index (χ1n) is 5.34. The molecule has 1 N–H and O–H groups in total. The molecule has 2 aliphatic carbocycles. The van der Waals surface area contributed by atoms with Gasteiger partial charge in [0.1, 0.15) is 0 Å². The number of carboxylic acid groups (broad SMARTS) is 1. The van der Waals surface area contributed by atoms with Crippen LogP contribution in [-0.2, 0) is 14.3 Å². The van der Waals surface area contributed by atoms with Gasteiger partial charge in [0, 0.05) is 6.42 Å². The molecular weight excluding hydrogens is 196 g/mol. The van der Waals surface area contributed by atoms with Crippen molar-refractivity contribution in [1.29, 1.82) is 0 Å². The molecule has 0 unspecified atom stereocenters. The summed E-state index contributed by atoms with van der Waals surface area (Å²) in [6.07, 6.45) is 4.04. The monoisotopic (exact) mass is 212 g/mol. The van der Waals surface area contributed by atoms with E-state index in [1.807, 2.05) is 0 Å². The van der Waals surface area contributed by atoms with Gasteiger partial charge in [-0.1, -0.05) is 0 Å². The van der Waals surface area contributed by atoms with E-state index in [1.165, 1.54) is 7.11 Å². The van der Waals surface area contributed by atoms with Gasteiger partial charge < -0.3 is 9.84 Å². The molecule has 0 amide bonds. The van der Waals surface area contributed by atoms with E-state index in [0.717, 1.165) is 25.7 Å². The van der Waals surface area contributed by atoms with Crippen LogP contribution in [0.15, 0.2) is 0 Å². The molecule has 0 heterocycles. The van der Waals surface area contributed by atoms with Crippen molar-refractivity contribution in [2.24, 2.45) is 17.3 Å². The Morgan fingerprint density at radius 1 is 1.33 bits per heavy atom. The topological polar surface area (TPSA) is 63.6 Å². The van der Waals surface area contributed by atoms with Gasteiger partial charge in [-0.05, 0) is 37.0 Å². The number of carbonyl (C=O) groups excluding carboxylic acids is 1. The summed E-state index contributed by atoms with van der Waals surface area (Å²) in [6.45, 7) is 0. The third-order valence-corrected chi connectivity index (χ3v) is 3.80. The van der Waals surface area contributed by atoms with Crippen LogP contribution in [0.5, 0.6) is 0 Å². The van der Waals surface area contributed by atoms with Crippen LogP contribution in [0.25, 0.3) is 0 Å². The van der Waals surface area contributed by atoms with E-state index in [4.69, 9.17) is 5.11 Å². The average molecular weight is 212 g/mol. The maximum atomic E-state index is 11.2. The smallest absolute Gasteiger partial charge is 0.308 e. The molecule has 2 aliphatic rings. The summed E-state index contributed by atoms with van der Waals surface area (Å²) >= 11 is 0. The number of aliphatic carboxylic acids is 1. The largest absolute Gasteiger partial charge is 0.481 e. The third-order valence-electron chi connectivity index (χ3n) is 3.80. The Kier molecular flexibility index (Phi) is 2.44. The first-order valence-corrected chi connectivity index (χ1v) is 5.34. The van der Waals surface area contributed by atoms with E-state index in [2.05, 4.69) is 4.74 Å². The van der Waals surface area contributed by atoms with Gasteiger partial charge in [0.15, 0.2) is 0 Å². The fraction of sp³-hybridized carbons (Fsp3) is 0.818. The van der Waals surface area contributed by atoms with Crippen molar-refractivity contribution < 1.29 is 19.4 Å². The van der Waals surface area contributed by atoms with Gasteiger partial charge in [0.05, 0.1) is 13.0 Å². The van der Waals surface area contributed by atoms with Crippen LogP contribution in [-0.4, -0.2) is 24.2 Å². The van der Waals surface area contributed by atoms with Crippen LogP contribution in [0.1, 0.15) is 32.1 Å². The zero-order valence-corrected chi connectivity index (χ0v) is 8.86. The Bertz CT molecular complexity index is 283. The van der Waals surface area contributed by atoms with Gasteiger partial charge in [-0.3, -0.25) is 9.59 Å². The summed E-state index contributed by atoms with van der Waals surface area (Å²) in [5, 5.41) is 8.61. The first-order chi connectivity index (χ1) is 7.04. The van der Waals surface area contributed by atoms with Crippen molar-refractivity contribution >= 4 is 11.9 Å². The van der Waals surface area contributed by atoms with E-state index < -0.39 is 5.97 Å². The molecule has 0 atom stereocenters. The van der Waals surface area contributed by atoms with Crippen molar-refractivity contribution in [2.45, 2.75) is 32.1 Å². The van der Waals surface area contributed by atoms with Crippen LogP contribution < -0.4 is 0 Å². The highest BCUT2D eigenvalue weighted by molar-refractivity contribution is 5.73. The Morgan fingerprint density at radius 3 is 2.40 bits per heavy atom. The lowest BCUT2D eigenvalue weighted by Gasteiger charge is -2.56. The second-order valence-electron chi connectivity index (χ2n) is 5.00. The van der Waals surface area contributed by atoms with E-state index in [-0.39, 0.29) is 18.3 Å². The molecule has 4 heteroatoms. The molecule has 0 saturated heterocycles. The lowest BCUT2D eigenvalue weighted by atomic mass is 9.48. The molecule has 0 bridgehead atoms. The lowest BCUT2D eigenvalue weighted by Crippen LogP contribution is -2.50. The Morgan fingerprint density at radius 2 is 1.93 bits per heavy atom. The van der Waals surface area contributed by atoms with Crippen LogP contribution >= 0.6 is 0 Å². The number of carbonyl (C=O) groups is 2. The fourth-order valence-electron chi connectivity index (χ4n) is 3.21. The molecule has 2 rings (SSSR count). The number of ether oxygens (including phenoxy) is 1. The number of methoxy groups -OCH3 is 1. The van der Waals surface area contributed by atoms with Crippen LogP contribution in [0, 0.1) is 17.3 Å². The molecule has 84 valence electrons. The molecule has 2 fully saturated rings. The van der Waals surface area contributed by atoms with E-state index in [1.54, 1.807) is 0 Å². The minimum atomic E-state index is -0.710. The summed E-state index contributed by atoms with van der Waals surface area (Å²) in [4.78, 5) is 21.6. The van der Waals surface area contributed by atoms with Crippen molar-refractivity contribution in [3.63, 3.8) is 0 Å². The maximum absolute atomic E-state index is 11.2. The zero-order valence-electron chi connectivity index (χ0n) is 8.86. The van der Waals surface area contributed by atoms with Gasteiger partial charge >= 0.3 is 11.9 Å². The van der Waals surface area contributed by atoms with Gasteiger partial charge in [0.25, 0.3) is 0 Å². The van der Waals surface area contributed by atoms with E-state index in [0.29, 0.717) is 11.3 Å². The van der Waals surface area contributed by atoms with Crippen molar-refractivity contribution in [2.75, 3.05) is 7.11 Å². The normalized spacial score (nSPS) is 37.9. The van der Waals surface area contributed by atoms with Crippen molar-refractivity contribution in [3.8, 4) is 0 Å². The molecule has 15 heavy (non-hydrogen) atoms. The predicted octanol–water partition coefficient (Wildman–Crippen LogP) is 1.44. The molecule has 2 saturated carbocycles. The molecular formula is C11H16O4. The first kappa shape index (κ1) is 10.5. The molecule has 0 aromatic rings. The van der Waals surface area contributed by atoms with Gasteiger partial charge in [0.2, 0.25) is 0 Å². The molecule has 0 aromatic carbocycles. The van der Waals surface area contributed by atoms with E-state index in [9.17, 15) is 9.59 Å². The highest BCUT2D eigenvalue weighted by Crippen LogP contribution is 2.62. The highest BCUT2D eigenvalue weighted by Gasteiger charge is 2.55. The summed E-state index contributed by atoms with van der Waals surface area (Å²) in [7, 11) is 1.42. The number of esters is 1. The molecule has 0 aliphatic heterocycles. The van der Waals surface area contributed by atoms with Crippen LogP contribution in [0.4, 0.5) is 0 Å². The lowest BCUT2D eigenvalue weighted by molar-refractivity contribution is -0.164. The third kappa shape index (κ3) is 1.85. The van der Waals surface area contributed by atoms with E-state index >= 15 is 0 Å². The number of hydrogen-bond acceptors (Lipinski definition) is 3. The van der Waals surface area contributed by atoms with Crippen LogP contribution in [0.2, 0.25) is 0 Å². The minimum Gasteiger partial charge on any atom is -0.481 e. The SMILES string of the molecule is COC(=O)C1CC2(CC(CC(=O)O)C2)C1. The minimum absolute atomic E-state index is 0.0702. The highest BCUT2D eigenvalue weighted by atomic mass is 16.5. The molecule has 0 radical (unpaired) electrons. The summed E-state index contributed by atoms with van der Waals surface area (Å²) < 4.78 is 4.67. The maximum Gasteiger partial charge on any atom is 0.308 e. The second-order valence-corrected chi connectivity index (χ2v) is 5.00. The van der Waals surface area contributed by atoms with Crippen molar-refractivity contribution in [1.82, 2.24) is 0 Å². The predicted molar refractivity (Wildman–Crippen MR) is 52.1 cm³/mol. The Labute approximate surface area is 88.6 Å². The molecule has 4 nitrogen and oxygen atoms in total. The number of hydrogen-bond donors (Lipinski definition) is 1. The Balaban J connectivity index is 1.73. The summed E-state index contributed by atoms with van der Waals surface area (Å²) in [5.41, 5.74) is 0.291. The average Bonchev–Trinajstić information content (AvgIpc) is 2.05. The van der Waals surface area contributed by atoms with Crippen molar-refractivity contribution in [3.05, 3.63) is 0 Å².